The van der Waals surface area contributed by atoms with Gasteiger partial charge in [-0.3, -0.25) is 0 Å². The monoisotopic (exact) mass is 289 g/mol. The van der Waals surface area contributed by atoms with Crippen LogP contribution in [0.25, 0.3) is 0 Å². The summed E-state index contributed by atoms with van der Waals surface area (Å²) in [6.45, 7) is 1.93. The number of hydrogen-bond donors (Lipinski definition) is 2. The zero-order valence-corrected chi connectivity index (χ0v) is 11.8. The SMILES string of the molecule is COC(=O)C(Nc1cccc(C)c1)c1ccc(O)c(F)c1. The Bertz CT molecular complexity index is 658. The van der Waals surface area contributed by atoms with Gasteiger partial charge in [-0.25, -0.2) is 9.18 Å². The number of aromatic hydroxyl groups is 1. The number of ether oxygens (including phenoxy) is 1. The van der Waals surface area contributed by atoms with Crippen LogP contribution in [0.1, 0.15) is 17.2 Å². The summed E-state index contributed by atoms with van der Waals surface area (Å²) < 4.78 is 18.2. The molecule has 0 aliphatic heterocycles. The van der Waals surface area contributed by atoms with Crippen LogP contribution in [0.15, 0.2) is 42.5 Å². The van der Waals surface area contributed by atoms with E-state index >= 15 is 0 Å². The minimum absolute atomic E-state index is 0.374. The fraction of sp³-hybridized carbons (Fsp3) is 0.188. The van der Waals surface area contributed by atoms with Crippen molar-refractivity contribution in [2.45, 2.75) is 13.0 Å². The molecular formula is C16H16FNO3. The van der Waals surface area contributed by atoms with E-state index < -0.39 is 23.6 Å². The number of carbonyl (C=O) groups is 1. The molecule has 0 amide bonds. The number of anilines is 1. The van der Waals surface area contributed by atoms with Gasteiger partial charge in [-0.2, -0.15) is 0 Å². The van der Waals surface area contributed by atoms with Crippen molar-refractivity contribution in [3.8, 4) is 5.75 Å². The summed E-state index contributed by atoms with van der Waals surface area (Å²) in [4.78, 5) is 11.9. The Hall–Kier alpha value is -2.56. The average molecular weight is 289 g/mol. The fourth-order valence-corrected chi connectivity index (χ4v) is 2.00. The van der Waals surface area contributed by atoms with Crippen LogP contribution in [-0.2, 0) is 9.53 Å². The van der Waals surface area contributed by atoms with E-state index in [9.17, 15) is 14.3 Å². The number of carbonyl (C=O) groups excluding carboxylic acids is 1. The zero-order chi connectivity index (χ0) is 15.4. The smallest absolute Gasteiger partial charge is 0.332 e. The molecule has 21 heavy (non-hydrogen) atoms. The molecule has 0 spiro atoms. The molecule has 2 aromatic rings. The predicted molar refractivity (Wildman–Crippen MR) is 77.6 cm³/mol. The first kappa shape index (κ1) is 14.8. The summed E-state index contributed by atoms with van der Waals surface area (Å²) in [5.74, 6) is -1.79. The van der Waals surface area contributed by atoms with Crippen LogP contribution in [0.4, 0.5) is 10.1 Å². The highest BCUT2D eigenvalue weighted by atomic mass is 19.1. The molecule has 0 aliphatic rings. The van der Waals surface area contributed by atoms with Crippen LogP contribution in [-0.4, -0.2) is 18.2 Å². The second-order valence-corrected chi connectivity index (χ2v) is 4.68. The molecule has 0 heterocycles. The number of aryl methyl sites for hydroxylation is 1. The number of methoxy groups -OCH3 is 1. The number of rotatable bonds is 4. The van der Waals surface area contributed by atoms with Gasteiger partial charge in [-0.05, 0) is 42.3 Å². The molecule has 0 bridgehead atoms. The van der Waals surface area contributed by atoms with E-state index in [2.05, 4.69) is 5.32 Å². The molecule has 0 saturated carbocycles. The van der Waals surface area contributed by atoms with Crippen LogP contribution in [0.3, 0.4) is 0 Å². The molecule has 2 rings (SSSR count). The molecule has 4 nitrogen and oxygen atoms in total. The number of hydrogen-bond acceptors (Lipinski definition) is 4. The number of benzene rings is 2. The maximum atomic E-state index is 13.5. The zero-order valence-electron chi connectivity index (χ0n) is 11.8. The summed E-state index contributed by atoms with van der Waals surface area (Å²) in [6.07, 6.45) is 0. The molecule has 0 fully saturated rings. The molecule has 2 aromatic carbocycles. The number of phenols is 1. The Labute approximate surface area is 122 Å². The first-order valence-corrected chi connectivity index (χ1v) is 6.40. The molecular weight excluding hydrogens is 273 g/mol. The van der Waals surface area contributed by atoms with Gasteiger partial charge in [0.05, 0.1) is 7.11 Å². The largest absolute Gasteiger partial charge is 0.505 e. The Morgan fingerprint density at radius 3 is 2.67 bits per heavy atom. The van der Waals surface area contributed by atoms with E-state index in [0.717, 1.165) is 17.3 Å². The van der Waals surface area contributed by atoms with Crippen molar-refractivity contribution < 1.29 is 19.0 Å². The van der Waals surface area contributed by atoms with Gasteiger partial charge < -0.3 is 15.2 Å². The predicted octanol–water partition coefficient (Wildman–Crippen LogP) is 3.17. The second kappa shape index (κ2) is 6.26. The lowest BCUT2D eigenvalue weighted by atomic mass is 10.1. The summed E-state index contributed by atoms with van der Waals surface area (Å²) in [6, 6.07) is 10.4. The van der Waals surface area contributed by atoms with E-state index in [1.54, 1.807) is 6.07 Å². The van der Waals surface area contributed by atoms with Gasteiger partial charge in [0.2, 0.25) is 0 Å². The Morgan fingerprint density at radius 2 is 2.05 bits per heavy atom. The molecule has 1 atom stereocenters. The van der Waals surface area contributed by atoms with E-state index in [0.29, 0.717) is 5.56 Å². The van der Waals surface area contributed by atoms with Crippen molar-refractivity contribution in [2.75, 3.05) is 12.4 Å². The van der Waals surface area contributed by atoms with Gasteiger partial charge in [0.15, 0.2) is 17.6 Å². The van der Waals surface area contributed by atoms with E-state index in [1.165, 1.54) is 19.2 Å². The molecule has 0 saturated heterocycles. The van der Waals surface area contributed by atoms with Crippen molar-refractivity contribution in [3.63, 3.8) is 0 Å². The van der Waals surface area contributed by atoms with Gasteiger partial charge >= 0.3 is 5.97 Å². The van der Waals surface area contributed by atoms with Gasteiger partial charge in [0, 0.05) is 5.69 Å². The van der Waals surface area contributed by atoms with E-state index in [1.807, 2.05) is 25.1 Å². The fourth-order valence-electron chi connectivity index (χ4n) is 2.00. The first-order chi connectivity index (χ1) is 10.0. The molecule has 2 N–H and O–H groups in total. The number of nitrogens with one attached hydrogen (secondary N) is 1. The molecule has 5 heteroatoms. The third-order valence-corrected chi connectivity index (χ3v) is 3.07. The Morgan fingerprint density at radius 1 is 1.29 bits per heavy atom. The lowest BCUT2D eigenvalue weighted by Crippen LogP contribution is -2.22. The minimum Gasteiger partial charge on any atom is -0.505 e. The van der Waals surface area contributed by atoms with Gasteiger partial charge in [0.25, 0.3) is 0 Å². The van der Waals surface area contributed by atoms with Crippen LogP contribution < -0.4 is 5.32 Å². The average Bonchev–Trinajstić information content (AvgIpc) is 2.47. The third-order valence-electron chi connectivity index (χ3n) is 3.07. The quantitative estimate of drug-likeness (QED) is 0.849. The maximum absolute atomic E-state index is 13.5. The summed E-state index contributed by atoms with van der Waals surface area (Å²) in [5.41, 5.74) is 2.12. The third kappa shape index (κ3) is 3.51. The number of phenolic OH excluding ortho intramolecular Hbond substituents is 1. The Kier molecular flexibility index (Phi) is 4.42. The number of halogens is 1. The van der Waals surface area contributed by atoms with E-state index in [4.69, 9.17) is 4.74 Å². The highest BCUT2D eigenvalue weighted by Gasteiger charge is 2.22. The molecule has 1 unspecified atom stereocenters. The second-order valence-electron chi connectivity index (χ2n) is 4.68. The van der Waals surface area contributed by atoms with Crippen molar-refractivity contribution in [3.05, 3.63) is 59.4 Å². The summed E-state index contributed by atoms with van der Waals surface area (Å²) in [7, 11) is 1.27. The molecule has 0 aliphatic carbocycles. The summed E-state index contributed by atoms with van der Waals surface area (Å²) >= 11 is 0. The van der Waals surface area contributed by atoms with Crippen LogP contribution in [0.5, 0.6) is 5.75 Å². The van der Waals surface area contributed by atoms with E-state index in [-0.39, 0.29) is 0 Å². The van der Waals surface area contributed by atoms with Crippen molar-refractivity contribution >= 4 is 11.7 Å². The highest BCUT2D eigenvalue weighted by molar-refractivity contribution is 5.81. The van der Waals surface area contributed by atoms with Crippen LogP contribution in [0, 0.1) is 12.7 Å². The Balaban J connectivity index is 2.34. The highest BCUT2D eigenvalue weighted by Crippen LogP contribution is 2.25. The maximum Gasteiger partial charge on any atom is 0.332 e. The molecule has 0 radical (unpaired) electrons. The molecule has 110 valence electrons. The van der Waals surface area contributed by atoms with Gasteiger partial charge in [-0.15, -0.1) is 0 Å². The topological polar surface area (TPSA) is 58.6 Å². The van der Waals surface area contributed by atoms with Crippen molar-refractivity contribution in [2.24, 2.45) is 0 Å². The normalized spacial score (nSPS) is 11.8. The van der Waals surface area contributed by atoms with Crippen LogP contribution in [0.2, 0.25) is 0 Å². The minimum atomic E-state index is -0.855. The summed E-state index contributed by atoms with van der Waals surface area (Å²) in [5, 5.41) is 12.2. The number of esters is 1. The molecule has 0 aromatic heterocycles. The first-order valence-electron chi connectivity index (χ1n) is 6.40. The van der Waals surface area contributed by atoms with Gasteiger partial charge in [-0.1, -0.05) is 18.2 Å². The van der Waals surface area contributed by atoms with Crippen LogP contribution >= 0.6 is 0 Å². The standard InChI is InChI=1S/C16H16FNO3/c1-10-4-3-5-12(8-10)18-15(16(20)21-2)11-6-7-14(19)13(17)9-11/h3-9,15,18-19H,1-2H3. The lowest BCUT2D eigenvalue weighted by Gasteiger charge is -2.18. The van der Waals surface area contributed by atoms with Gasteiger partial charge in [0.1, 0.15) is 0 Å². The van der Waals surface area contributed by atoms with Crippen molar-refractivity contribution in [1.29, 1.82) is 0 Å². The lowest BCUT2D eigenvalue weighted by molar-refractivity contribution is -0.141. The van der Waals surface area contributed by atoms with Crippen molar-refractivity contribution in [1.82, 2.24) is 0 Å².